The quantitative estimate of drug-likeness (QED) is 0.361. The number of hydrogen-bond donors (Lipinski definition) is 2. The van der Waals surface area contributed by atoms with Crippen LogP contribution in [-0.4, -0.2) is 27.9 Å². The molecule has 0 unspecified atom stereocenters. The van der Waals surface area contributed by atoms with Crippen molar-refractivity contribution in [3.8, 4) is 0 Å². The standard InChI is InChI=1S/C25H18FNO5/c1-14-8-10-15(11-9-14)22(28)20-21(16-4-2-6-18(26)12-16)27(24(30)23(20)29)19-7-3-5-17(13-19)25(31)32/h2-13,21,28H,1H3,(H,31,32)/b22-20+/t21-/m1/s1. The molecule has 0 aliphatic carbocycles. The maximum Gasteiger partial charge on any atom is 0.335 e. The van der Waals surface area contributed by atoms with Gasteiger partial charge in [0.2, 0.25) is 0 Å². The molecular formula is C25H18FNO5. The number of ketones is 1. The Morgan fingerprint density at radius 3 is 2.25 bits per heavy atom. The van der Waals surface area contributed by atoms with Crippen molar-refractivity contribution in [3.63, 3.8) is 0 Å². The molecule has 3 aromatic carbocycles. The van der Waals surface area contributed by atoms with E-state index in [2.05, 4.69) is 0 Å². The van der Waals surface area contributed by atoms with Gasteiger partial charge < -0.3 is 10.2 Å². The maximum absolute atomic E-state index is 14.1. The first kappa shape index (κ1) is 21.0. The molecule has 1 aliphatic rings. The molecule has 1 amide bonds. The smallest absolute Gasteiger partial charge is 0.335 e. The van der Waals surface area contributed by atoms with Gasteiger partial charge in [0.15, 0.2) is 0 Å². The number of anilines is 1. The van der Waals surface area contributed by atoms with E-state index in [9.17, 15) is 29.0 Å². The molecule has 3 aromatic rings. The summed E-state index contributed by atoms with van der Waals surface area (Å²) in [6.07, 6.45) is 0. The summed E-state index contributed by atoms with van der Waals surface area (Å²) in [5.74, 6) is -4.07. The molecule has 1 atom stereocenters. The molecule has 0 aromatic heterocycles. The van der Waals surface area contributed by atoms with Crippen LogP contribution in [0.4, 0.5) is 10.1 Å². The Labute approximate surface area is 182 Å². The zero-order valence-electron chi connectivity index (χ0n) is 16.9. The summed E-state index contributed by atoms with van der Waals surface area (Å²) in [4.78, 5) is 38.6. The number of aliphatic hydroxyl groups excluding tert-OH is 1. The van der Waals surface area contributed by atoms with Crippen molar-refractivity contribution >= 4 is 29.1 Å². The van der Waals surface area contributed by atoms with Crippen LogP contribution in [-0.2, 0) is 9.59 Å². The van der Waals surface area contributed by atoms with Crippen LogP contribution in [0, 0.1) is 12.7 Å². The van der Waals surface area contributed by atoms with Crippen molar-refractivity contribution in [2.24, 2.45) is 0 Å². The molecule has 1 heterocycles. The Kier molecular flexibility index (Phi) is 5.32. The van der Waals surface area contributed by atoms with Crippen LogP contribution in [0.5, 0.6) is 0 Å². The van der Waals surface area contributed by atoms with Crippen LogP contribution < -0.4 is 4.90 Å². The number of benzene rings is 3. The third-order valence-electron chi connectivity index (χ3n) is 5.31. The van der Waals surface area contributed by atoms with Gasteiger partial charge in [0.25, 0.3) is 11.7 Å². The Bertz CT molecular complexity index is 1280. The van der Waals surface area contributed by atoms with Gasteiger partial charge in [0.1, 0.15) is 11.6 Å². The number of hydrogen-bond acceptors (Lipinski definition) is 4. The lowest BCUT2D eigenvalue weighted by Gasteiger charge is -2.25. The molecule has 0 saturated carbocycles. The van der Waals surface area contributed by atoms with E-state index in [4.69, 9.17) is 0 Å². The predicted molar refractivity (Wildman–Crippen MR) is 116 cm³/mol. The van der Waals surface area contributed by atoms with Crippen molar-refractivity contribution in [3.05, 3.63) is 106 Å². The van der Waals surface area contributed by atoms with E-state index in [1.165, 1.54) is 48.5 Å². The van der Waals surface area contributed by atoms with Gasteiger partial charge in [-0.1, -0.05) is 48.0 Å². The monoisotopic (exact) mass is 431 g/mol. The third-order valence-corrected chi connectivity index (χ3v) is 5.31. The first-order chi connectivity index (χ1) is 15.3. The van der Waals surface area contributed by atoms with E-state index >= 15 is 0 Å². The van der Waals surface area contributed by atoms with Crippen molar-refractivity contribution in [2.45, 2.75) is 13.0 Å². The molecule has 1 saturated heterocycles. The fourth-order valence-electron chi connectivity index (χ4n) is 3.75. The number of halogens is 1. The van der Waals surface area contributed by atoms with Crippen molar-refractivity contribution in [2.75, 3.05) is 4.90 Å². The molecule has 0 spiro atoms. The van der Waals surface area contributed by atoms with E-state index in [0.29, 0.717) is 5.56 Å². The second-order valence-corrected chi connectivity index (χ2v) is 7.45. The lowest BCUT2D eigenvalue weighted by molar-refractivity contribution is -0.132. The molecule has 0 radical (unpaired) electrons. The average Bonchev–Trinajstić information content (AvgIpc) is 3.04. The molecule has 0 bridgehead atoms. The summed E-state index contributed by atoms with van der Waals surface area (Å²) in [5, 5.41) is 20.3. The SMILES string of the molecule is Cc1ccc(/C(O)=C2\C(=O)C(=O)N(c3cccc(C(=O)O)c3)[C@@H]2c2cccc(F)c2)cc1. The third kappa shape index (κ3) is 3.65. The summed E-state index contributed by atoms with van der Waals surface area (Å²) >= 11 is 0. The minimum absolute atomic E-state index is 0.0825. The van der Waals surface area contributed by atoms with Crippen LogP contribution in [0.15, 0.2) is 78.4 Å². The van der Waals surface area contributed by atoms with Crippen molar-refractivity contribution in [1.29, 1.82) is 0 Å². The lowest BCUT2D eigenvalue weighted by atomic mass is 9.94. The number of rotatable bonds is 4. The van der Waals surface area contributed by atoms with Gasteiger partial charge in [-0.3, -0.25) is 14.5 Å². The predicted octanol–water partition coefficient (Wildman–Crippen LogP) is 4.46. The number of carboxylic acid groups (broad SMARTS) is 1. The first-order valence-corrected chi connectivity index (χ1v) is 9.75. The Balaban J connectivity index is 1.96. The Hall–Kier alpha value is -4.26. The van der Waals surface area contributed by atoms with E-state index in [1.807, 2.05) is 6.92 Å². The van der Waals surface area contributed by atoms with Gasteiger partial charge in [-0.25, -0.2) is 9.18 Å². The van der Waals surface area contributed by atoms with Crippen LogP contribution in [0.25, 0.3) is 5.76 Å². The van der Waals surface area contributed by atoms with Gasteiger partial charge in [0.05, 0.1) is 17.2 Å². The van der Waals surface area contributed by atoms with Gasteiger partial charge >= 0.3 is 5.97 Å². The summed E-state index contributed by atoms with van der Waals surface area (Å²) < 4.78 is 14.1. The molecule has 2 N–H and O–H groups in total. The second-order valence-electron chi connectivity index (χ2n) is 7.45. The topological polar surface area (TPSA) is 94.9 Å². The van der Waals surface area contributed by atoms with Crippen LogP contribution in [0.3, 0.4) is 0 Å². The highest BCUT2D eigenvalue weighted by Gasteiger charge is 2.47. The molecule has 1 aliphatic heterocycles. The van der Waals surface area contributed by atoms with E-state index < -0.39 is 35.3 Å². The molecule has 4 rings (SSSR count). The summed E-state index contributed by atoms with van der Waals surface area (Å²) in [6, 6.07) is 16.5. The number of aromatic carboxylic acids is 1. The molecule has 7 heteroatoms. The zero-order chi connectivity index (χ0) is 23.0. The first-order valence-electron chi connectivity index (χ1n) is 9.75. The number of carbonyl (C=O) groups excluding carboxylic acids is 2. The van der Waals surface area contributed by atoms with Crippen LogP contribution >= 0.6 is 0 Å². The molecular weight excluding hydrogens is 413 g/mol. The number of aliphatic hydroxyl groups is 1. The summed E-state index contributed by atoms with van der Waals surface area (Å²) in [5.41, 5.74) is 1.39. The Morgan fingerprint density at radius 2 is 1.59 bits per heavy atom. The minimum atomic E-state index is -1.20. The maximum atomic E-state index is 14.1. The van der Waals surface area contributed by atoms with Gasteiger partial charge in [-0.2, -0.15) is 0 Å². The number of nitrogens with zero attached hydrogens (tertiary/aromatic N) is 1. The highest BCUT2D eigenvalue weighted by Crippen LogP contribution is 2.42. The van der Waals surface area contributed by atoms with Crippen LogP contribution in [0.2, 0.25) is 0 Å². The fourth-order valence-corrected chi connectivity index (χ4v) is 3.75. The average molecular weight is 431 g/mol. The minimum Gasteiger partial charge on any atom is -0.507 e. The molecule has 32 heavy (non-hydrogen) atoms. The van der Waals surface area contributed by atoms with E-state index in [0.717, 1.165) is 10.5 Å². The number of Topliss-reactive ketones (excluding diaryl/α,β-unsaturated/α-hetero) is 1. The highest BCUT2D eigenvalue weighted by molar-refractivity contribution is 6.51. The van der Waals surface area contributed by atoms with Crippen molar-refractivity contribution in [1.82, 2.24) is 0 Å². The Morgan fingerprint density at radius 1 is 0.906 bits per heavy atom. The van der Waals surface area contributed by atoms with Crippen molar-refractivity contribution < 1.29 is 29.0 Å². The number of aryl methyl sites for hydroxylation is 1. The number of carboxylic acids is 1. The van der Waals surface area contributed by atoms with Crippen LogP contribution in [0.1, 0.15) is 33.1 Å². The normalized spacial score (nSPS) is 17.6. The molecule has 6 nitrogen and oxygen atoms in total. The van der Waals surface area contributed by atoms with Gasteiger partial charge in [-0.05, 0) is 42.8 Å². The number of carbonyl (C=O) groups is 3. The number of amides is 1. The molecule has 160 valence electrons. The van der Waals surface area contributed by atoms with E-state index in [-0.39, 0.29) is 22.4 Å². The highest BCUT2D eigenvalue weighted by atomic mass is 19.1. The zero-order valence-corrected chi connectivity index (χ0v) is 16.9. The fraction of sp³-hybridized carbons (Fsp3) is 0.0800. The van der Waals surface area contributed by atoms with E-state index in [1.54, 1.807) is 24.3 Å². The summed E-state index contributed by atoms with van der Waals surface area (Å²) in [7, 11) is 0. The van der Waals surface area contributed by atoms with Gasteiger partial charge in [0, 0.05) is 11.3 Å². The largest absolute Gasteiger partial charge is 0.507 e. The second kappa shape index (κ2) is 8.11. The summed E-state index contributed by atoms with van der Waals surface area (Å²) in [6.45, 7) is 1.87. The molecule has 1 fully saturated rings. The van der Waals surface area contributed by atoms with Gasteiger partial charge in [-0.15, -0.1) is 0 Å². The lowest BCUT2D eigenvalue weighted by Crippen LogP contribution is -2.29.